The Balaban J connectivity index is 3.24. The van der Waals surface area contributed by atoms with Gasteiger partial charge in [0.2, 0.25) is 0 Å². The summed E-state index contributed by atoms with van der Waals surface area (Å²) in [7, 11) is 0. The quantitative estimate of drug-likeness (QED) is 0.0684. The Hall–Kier alpha value is -1.25. The molecule has 0 amide bonds. The van der Waals surface area contributed by atoms with Crippen molar-refractivity contribution >= 4 is 6.16 Å². The first-order chi connectivity index (χ1) is 17.2. The van der Waals surface area contributed by atoms with Crippen LogP contribution in [0, 0.1) is 5.92 Å². The zero-order valence-electron chi connectivity index (χ0n) is 23.9. The van der Waals surface area contributed by atoms with Gasteiger partial charge in [0.05, 0.1) is 13.2 Å². The van der Waals surface area contributed by atoms with Gasteiger partial charge in [-0.15, -0.1) is 0 Å². The van der Waals surface area contributed by atoms with Gasteiger partial charge in [0.1, 0.15) is 0 Å². The van der Waals surface area contributed by atoms with Gasteiger partial charge >= 0.3 is 6.16 Å². The Kier molecular flexibility index (Phi) is 27.9. The van der Waals surface area contributed by atoms with Crippen LogP contribution < -0.4 is 0 Å². The van der Waals surface area contributed by atoms with Crippen LogP contribution in [0.15, 0.2) is 24.3 Å². The molecule has 0 spiro atoms. The summed E-state index contributed by atoms with van der Waals surface area (Å²) in [4.78, 5) is 11.6. The molecule has 0 saturated carbocycles. The average molecular weight is 493 g/mol. The van der Waals surface area contributed by atoms with E-state index in [4.69, 9.17) is 9.47 Å². The third-order valence-electron chi connectivity index (χ3n) is 6.46. The minimum absolute atomic E-state index is 0.488. The summed E-state index contributed by atoms with van der Waals surface area (Å²) >= 11 is 0. The van der Waals surface area contributed by atoms with E-state index in [-0.39, 0.29) is 0 Å². The average Bonchev–Trinajstić information content (AvgIpc) is 2.84. The number of rotatable bonds is 26. The predicted molar refractivity (Wildman–Crippen MR) is 153 cm³/mol. The summed E-state index contributed by atoms with van der Waals surface area (Å²) in [6.07, 6.45) is 34.8. The first-order valence-electron chi connectivity index (χ1n) is 15.3. The van der Waals surface area contributed by atoms with E-state index in [0.717, 1.165) is 38.0 Å². The highest BCUT2D eigenvalue weighted by atomic mass is 16.7. The van der Waals surface area contributed by atoms with Crippen molar-refractivity contribution in [2.45, 2.75) is 156 Å². The second-order valence-electron chi connectivity index (χ2n) is 10.5. The molecule has 0 atom stereocenters. The Morgan fingerprint density at radius 3 is 1.49 bits per heavy atom. The first kappa shape index (κ1) is 33.8. The van der Waals surface area contributed by atoms with Crippen LogP contribution in [0.25, 0.3) is 0 Å². The molecule has 0 aromatic carbocycles. The van der Waals surface area contributed by atoms with Crippen LogP contribution in [-0.2, 0) is 9.47 Å². The molecule has 0 aromatic rings. The number of hydrogen-bond acceptors (Lipinski definition) is 3. The van der Waals surface area contributed by atoms with Crippen molar-refractivity contribution in [1.82, 2.24) is 0 Å². The van der Waals surface area contributed by atoms with Crippen molar-refractivity contribution < 1.29 is 14.3 Å². The maximum absolute atomic E-state index is 11.6. The van der Waals surface area contributed by atoms with Crippen LogP contribution in [0.4, 0.5) is 4.79 Å². The van der Waals surface area contributed by atoms with Crippen LogP contribution in [-0.4, -0.2) is 19.4 Å². The van der Waals surface area contributed by atoms with E-state index in [1.54, 1.807) is 0 Å². The molecule has 0 aliphatic heterocycles. The molecule has 0 unspecified atom stereocenters. The largest absolute Gasteiger partial charge is 0.508 e. The topological polar surface area (TPSA) is 35.5 Å². The molecule has 0 fully saturated rings. The number of unbranched alkanes of at least 4 members (excludes halogenated alkanes) is 16. The predicted octanol–water partition coefficient (Wildman–Crippen LogP) is 11.1. The lowest BCUT2D eigenvalue weighted by Gasteiger charge is -2.07. The Labute approximate surface area is 219 Å². The van der Waals surface area contributed by atoms with Gasteiger partial charge in [-0.2, -0.15) is 0 Å². The van der Waals surface area contributed by atoms with Crippen LogP contribution in [0.5, 0.6) is 0 Å². The standard InChI is InChI=1S/C32H60O3/c1-4-5-6-7-8-9-10-11-12-13-14-15-17-20-23-26-29-34-32(33)35-30-27-24-21-18-16-19-22-25-28-31(2)3/h8-9,11-12,31H,4-7,10,13-30H2,1-3H3. The van der Waals surface area contributed by atoms with Gasteiger partial charge in [-0.05, 0) is 50.9 Å². The van der Waals surface area contributed by atoms with Crippen molar-refractivity contribution in [3.8, 4) is 0 Å². The molecule has 3 nitrogen and oxygen atoms in total. The van der Waals surface area contributed by atoms with Crippen molar-refractivity contribution in [3.63, 3.8) is 0 Å². The Bertz CT molecular complexity index is 481. The van der Waals surface area contributed by atoms with E-state index in [2.05, 4.69) is 45.1 Å². The summed E-state index contributed by atoms with van der Waals surface area (Å²) < 4.78 is 10.4. The number of ether oxygens (including phenoxy) is 2. The highest BCUT2D eigenvalue weighted by Gasteiger charge is 2.03. The fraction of sp³-hybridized carbons (Fsp3) is 0.844. The smallest absolute Gasteiger partial charge is 0.434 e. The second kappa shape index (κ2) is 29.0. The van der Waals surface area contributed by atoms with Crippen molar-refractivity contribution in [2.75, 3.05) is 13.2 Å². The molecule has 0 aliphatic rings. The highest BCUT2D eigenvalue weighted by Crippen LogP contribution is 2.13. The van der Waals surface area contributed by atoms with Gasteiger partial charge in [0.25, 0.3) is 0 Å². The van der Waals surface area contributed by atoms with Gasteiger partial charge in [-0.3, -0.25) is 0 Å². The third kappa shape index (κ3) is 30.7. The van der Waals surface area contributed by atoms with Crippen molar-refractivity contribution in [2.24, 2.45) is 5.92 Å². The molecule has 206 valence electrons. The summed E-state index contributed by atoms with van der Waals surface area (Å²) in [6.45, 7) is 7.84. The molecule has 0 N–H and O–H groups in total. The lowest BCUT2D eigenvalue weighted by atomic mass is 10.0. The number of hydrogen-bond donors (Lipinski definition) is 0. The number of allylic oxidation sites excluding steroid dienone is 4. The molecule has 0 heterocycles. The van der Waals surface area contributed by atoms with Gasteiger partial charge < -0.3 is 9.47 Å². The summed E-state index contributed by atoms with van der Waals surface area (Å²) in [5.74, 6) is 0.840. The van der Waals surface area contributed by atoms with Gasteiger partial charge in [-0.1, -0.05) is 135 Å². The summed E-state index contributed by atoms with van der Waals surface area (Å²) in [6, 6.07) is 0. The van der Waals surface area contributed by atoms with Gasteiger partial charge in [0, 0.05) is 0 Å². The zero-order chi connectivity index (χ0) is 25.7. The molecule has 0 radical (unpaired) electrons. The van der Waals surface area contributed by atoms with Crippen LogP contribution in [0.2, 0.25) is 0 Å². The maximum atomic E-state index is 11.6. The molecular weight excluding hydrogens is 432 g/mol. The monoisotopic (exact) mass is 492 g/mol. The number of carbonyl (C=O) groups excluding carboxylic acids is 1. The van der Waals surface area contributed by atoms with E-state index in [1.807, 2.05) is 0 Å². The molecule has 3 heteroatoms. The van der Waals surface area contributed by atoms with Crippen LogP contribution in [0.1, 0.15) is 156 Å². The zero-order valence-corrected chi connectivity index (χ0v) is 23.9. The van der Waals surface area contributed by atoms with Crippen molar-refractivity contribution in [3.05, 3.63) is 24.3 Å². The number of carbonyl (C=O) groups is 1. The Morgan fingerprint density at radius 2 is 1.00 bits per heavy atom. The van der Waals surface area contributed by atoms with Crippen molar-refractivity contribution in [1.29, 1.82) is 0 Å². The minimum atomic E-state index is -0.488. The maximum Gasteiger partial charge on any atom is 0.508 e. The SMILES string of the molecule is CCCCCC=CCC=CCCCCCCCCOC(=O)OCCCCCCCCCCC(C)C. The second-order valence-corrected chi connectivity index (χ2v) is 10.5. The normalized spacial score (nSPS) is 11.8. The van der Waals surface area contributed by atoms with E-state index in [9.17, 15) is 4.79 Å². The van der Waals surface area contributed by atoms with Gasteiger partial charge in [0.15, 0.2) is 0 Å². The Morgan fingerprint density at radius 1 is 0.571 bits per heavy atom. The van der Waals surface area contributed by atoms with Crippen LogP contribution in [0.3, 0.4) is 0 Å². The van der Waals surface area contributed by atoms with E-state index in [1.165, 1.54) is 103 Å². The summed E-state index contributed by atoms with van der Waals surface area (Å²) in [5, 5.41) is 0. The molecule has 0 aliphatic carbocycles. The fourth-order valence-corrected chi connectivity index (χ4v) is 4.16. The third-order valence-corrected chi connectivity index (χ3v) is 6.46. The molecule has 0 rings (SSSR count). The summed E-state index contributed by atoms with van der Waals surface area (Å²) in [5.41, 5.74) is 0. The molecule has 0 aromatic heterocycles. The molecule has 35 heavy (non-hydrogen) atoms. The fourth-order valence-electron chi connectivity index (χ4n) is 4.16. The van der Waals surface area contributed by atoms with E-state index >= 15 is 0 Å². The van der Waals surface area contributed by atoms with E-state index in [0.29, 0.717) is 13.2 Å². The van der Waals surface area contributed by atoms with E-state index < -0.39 is 6.16 Å². The van der Waals surface area contributed by atoms with Gasteiger partial charge in [-0.25, -0.2) is 4.79 Å². The molecule has 0 saturated heterocycles. The molecular formula is C32H60O3. The van der Waals surface area contributed by atoms with Crippen LogP contribution >= 0.6 is 0 Å². The lowest BCUT2D eigenvalue weighted by molar-refractivity contribution is 0.0529. The molecule has 0 bridgehead atoms. The first-order valence-corrected chi connectivity index (χ1v) is 15.3. The highest BCUT2D eigenvalue weighted by molar-refractivity contribution is 5.59. The minimum Gasteiger partial charge on any atom is -0.434 e. The lowest BCUT2D eigenvalue weighted by Crippen LogP contribution is -2.09.